The van der Waals surface area contributed by atoms with Gasteiger partial charge in [0.05, 0.1) is 22.4 Å². The third kappa shape index (κ3) is 3.22. The van der Waals surface area contributed by atoms with Crippen molar-refractivity contribution in [3.05, 3.63) is 89.9 Å². The number of anilines is 1. The van der Waals surface area contributed by atoms with Gasteiger partial charge in [0.25, 0.3) is 5.91 Å². The number of benzene rings is 2. The summed E-state index contributed by atoms with van der Waals surface area (Å²) in [6, 6.07) is 23.0. The van der Waals surface area contributed by atoms with E-state index < -0.39 is 0 Å². The molecule has 0 unspecified atom stereocenters. The van der Waals surface area contributed by atoms with Crippen LogP contribution in [-0.4, -0.2) is 15.7 Å². The first kappa shape index (κ1) is 15.4. The van der Waals surface area contributed by atoms with Crippen LogP contribution in [0.5, 0.6) is 0 Å². The van der Waals surface area contributed by atoms with E-state index in [-0.39, 0.29) is 5.91 Å². The van der Waals surface area contributed by atoms with Gasteiger partial charge in [0.2, 0.25) is 0 Å². The van der Waals surface area contributed by atoms with Crippen LogP contribution in [0, 0.1) is 0 Å². The van der Waals surface area contributed by atoms with Crippen molar-refractivity contribution < 1.29 is 4.79 Å². The topological polar surface area (TPSA) is 46.9 Å². The Hall–Kier alpha value is -3.18. The van der Waals surface area contributed by atoms with Gasteiger partial charge >= 0.3 is 0 Å². The summed E-state index contributed by atoms with van der Waals surface area (Å²) in [5.41, 5.74) is 3.02. The second-order valence-electron chi connectivity index (χ2n) is 5.47. The number of nitrogens with zero attached hydrogens (tertiary/aromatic N) is 2. The Morgan fingerprint density at radius 2 is 1.64 bits per heavy atom. The number of hydrogen-bond donors (Lipinski definition) is 1. The van der Waals surface area contributed by atoms with Crippen molar-refractivity contribution in [3.63, 3.8) is 0 Å². The second-order valence-corrected chi connectivity index (χ2v) is 6.42. The van der Waals surface area contributed by atoms with E-state index in [0.29, 0.717) is 11.3 Å². The molecule has 0 saturated heterocycles. The predicted molar refractivity (Wildman–Crippen MR) is 101 cm³/mol. The zero-order valence-corrected chi connectivity index (χ0v) is 14.1. The number of rotatable bonds is 4. The summed E-state index contributed by atoms with van der Waals surface area (Å²) in [6.07, 6.45) is 1.85. The van der Waals surface area contributed by atoms with Crippen LogP contribution in [0.2, 0.25) is 0 Å². The maximum absolute atomic E-state index is 12.5. The fraction of sp³-hybridized carbons (Fsp3) is 0. The number of hydrogen-bond acceptors (Lipinski definition) is 3. The van der Waals surface area contributed by atoms with Gasteiger partial charge in [-0.2, -0.15) is 5.10 Å². The Kier molecular flexibility index (Phi) is 4.14. The third-order valence-electron chi connectivity index (χ3n) is 3.77. The summed E-state index contributed by atoms with van der Waals surface area (Å²) < 4.78 is 1.79. The number of carbonyl (C=O) groups excluding carboxylic acids is 1. The summed E-state index contributed by atoms with van der Waals surface area (Å²) in [6.45, 7) is 0. The van der Waals surface area contributed by atoms with Crippen LogP contribution in [0.4, 0.5) is 5.69 Å². The fourth-order valence-electron chi connectivity index (χ4n) is 2.56. The second kappa shape index (κ2) is 6.75. The molecule has 0 spiro atoms. The van der Waals surface area contributed by atoms with E-state index in [2.05, 4.69) is 10.4 Å². The molecule has 25 heavy (non-hydrogen) atoms. The molecule has 2 aromatic heterocycles. The van der Waals surface area contributed by atoms with Gasteiger partial charge in [-0.05, 0) is 35.7 Å². The summed E-state index contributed by atoms with van der Waals surface area (Å²) in [5, 5.41) is 9.67. The molecule has 0 bridgehead atoms. The lowest BCUT2D eigenvalue weighted by molar-refractivity contribution is 0.102. The quantitative estimate of drug-likeness (QED) is 0.574. The molecule has 0 aliphatic carbocycles. The van der Waals surface area contributed by atoms with Gasteiger partial charge < -0.3 is 5.32 Å². The SMILES string of the molecule is O=C(Nc1cn(-c2ccccc2)nc1-c1cccs1)c1ccccc1. The molecule has 0 saturated carbocycles. The molecule has 0 atom stereocenters. The number of thiophene rings is 1. The van der Waals surface area contributed by atoms with Crippen molar-refractivity contribution in [3.8, 4) is 16.3 Å². The first-order valence-electron chi connectivity index (χ1n) is 7.86. The van der Waals surface area contributed by atoms with Gasteiger partial charge in [0, 0.05) is 5.56 Å². The highest BCUT2D eigenvalue weighted by atomic mass is 32.1. The van der Waals surface area contributed by atoms with E-state index in [1.54, 1.807) is 28.2 Å². The number of aromatic nitrogens is 2. The zero-order chi connectivity index (χ0) is 17.1. The minimum Gasteiger partial charge on any atom is -0.319 e. The van der Waals surface area contributed by atoms with E-state index in [9.17, 15) is 4.79 Å². The zero-order valence-electron chi connectivity index (χ0n) is 13.3. The minimum absolute atomic E-state index is 0.147. The number of para-hydroxylation sites is 1. The highest BCUT2D eigenvalue weighted by Gasteiger charge is 2.16. The maximum Gasteiger partial charge on any atom is 0.255 e. The Morgan fingerprint density at radius 1 is 0.920 bits per heavy atom. The molecule has 1 N–H and O–H groups in total. The van der Waals surface area contributed by atoms with Gasteiger partial charge in [-0.15, -0.1) is 11.3 Å². The molecule has 122 valence electrons. The van der Waals surface area contributed by atoms with Crippen molar-refractivity contribution in [2.75, 3.05) is 5.32 Å². The van der Waals surface area contributed by atoms with Crippen molar-refractivity contribution >= 4 is 22.9 Å². The van der Waals surface area contributed by atoms with Gasteiger partial charge in [0.1, 0.15) is 5.69 Å². The molecule has 5 heteroatoms. The van der Waals surface area contributed by atoms with Crippen LogP contribution in [0.25, 0.3) is 16.3 Å². The molecule has 0 radical (unpaired) electrons. The van der Waals surface area contributed by atoms with Crippen molar-refractivity contribution in [2.45, 2.75) is 0 Å². The number of amides is 1. The first-order valence-corrected chi connectivity index (χ1v) is 8.74. The molecule has 4 nitrogen and oxygen atoms in total. The van der Waals surface area contributed by atoms with E-state index in [0.717, 1.165) is 16.3 Å². The Labute approximate surface area is 149 Å². The van der Waals surface area contributed by atoms with Crippen LogP contribution in [0.3, 0.4) is 0 Å². The highest BCUT2D eigenvalue weighted by Crippen LogP contribution is 2.31. The highest BCUT2D eigenvalue weighted by molar-refractivity contribution is 7.13. The lowest BCUT2D eigenvalue weighted by Crippen LogP contribution is -2.11. The normalized spacial score (nSPS) is 10.6. The Morgan fingerprint density at radius 3 is 2.32 bits per heavy atom. The summed E-state index contributed by atoms with van der Waals surface area (Å²) >= 11 is 1.59. The van der Waals surface area contributed by atoms with Crippen LogP contribution in [0.1, 0.15) is 10.4 Å². The van der Waals surface area contributed by atoms with Crippen LogP contribution >= 0.6 is 11.3 Å². The first-order chi connectivity index (χ1) is 12.3. The molecule has 0 aliphatic rings. The van der Waals surface area contributed by atoms with Crippen LogP contribution < -0.4 is 5.32 Å². The van der Waals surface area contributed by atoms with Crippen molar-refractivity contribution in [1.29, 1.82) is 0 Å². The summed E-state index contributed by atoms with van der Waals surface area (Å²) in [7, 11) is 0. The van der Waals surface area contributed by atoms with Crippen LogP contribution in [0.15, 0.2) is 84.4 Å². The lowest BCUT2D eigenvalue weighted by atomic mass is 10.2. The van der Waals surface area contributed by atoms with Gasteiger partial charge in [0.15, 0.2) is 0 Å². The Balaban J connectivity index is 1.73. The number of nitrogens with one attached hydrogen (secondary N) is 1. The maximum atomic E-state index is 12.5. The molecule has 1 amide bonds. The number of carbonyl (C=O) groups is 1. The van der Waals surface area contributed by atoms with Crippen LogP contribution in [-0.2, 0) is 0 Å². The summed E-state index contributed by atoms with van der Waals surface area (Å²) in [5.74, 6) is -0.147. The third-order valence-corrected chi connectivity index (χ3v) is 4.65. The molecule has 0 aliphatic heterocycles. The molecule has 4 aromatic rings. The fourth-order valence-corrected chi connectivity index (χ4v) is 3.28. The largest absolute Gasteiger partial charge is 0.319 e. The van der Waals surface area contributed by atoms with E-state index in [4.69, 9.17) is 0 Å². The van der Waals surface area contributed by atoms with Gasteiger partial charge in [-0.3, -0.25) is 4.79 Å². The lowest BCUT2D eigenvalue weighted by Gasteiger charge is -2.04. The van der Waals surface area contributed by atoms with E-state index >= 15 is 0 Å². The predicted octanol–water partition coefficient (Wildman–Crippen LogP) is 4.85. The molecule has 2 heterocycles. The monoisotopic (exact) mass is 345 g/mol. The van der Waals surface area contributed by atoms with E-state index in [1.165, 1.54) is 0 Å². The smallest absolute Gasteiger partial charge is 0.255 e. The van der Waals surface area contributed by atoms with Crippen molar-refractivity contribution in [1.82, 2.24) is 9.78 Å². The molecule has 4 rings (SSSR count). The molecule has 0 fully saturated rings. The van der Waals surface area contributed by atoms with Crippen molar-refractivity contribution in [2.24, 2.45) is 0 Å². The summed E-state index contributed by atoms with van der Waals surface area (Å²) in [4.78, 5) is 13.5. The minimum atomic E-state index is -0.147. The molecular formula is C20H15N3OS. The van der Waals surface area contributed by atoms with E-state index in [1.807, 2.05) is 72.2 Å². The average molecular weight is 345 g/mol. The van der Waals surface area contributed by atoms with Gasteiger partial charge in [-0.1, -0.05) is 42.5 Å². The molecule has 2 aromatic carbocycles. The van der Waals surface area contributed by atoms with Gasteiger partial charge in [-0.25, -0.2) is 4.68 Å². The molecular weight excluding hydrogens is 330 g/mol. The Bertz CT molecular complexity index is 976. The average Bonchev–Trinajstić information content (AvgIpc) is 3.33. The standard InChI is InChI=1S/C20H15N3OS/c24-20(15-8-3-1-4-9-15)21-17-14-23(16-10-5-2-6-11-16)22-19(17)18-12-7-13-25-18/h1-14H,(H,21,24).